The molecule has 1 atom stereocenters. The molecular formula is C13H15ClF2N2O3. The van der Waals surface area contributed by atoms with Crippen molar-refractivity contribution in [2.24, 2.45) is 0 Å². The van der Waals surface area contributed by atoms with E-state index in [2.05, 4.69) is 10.6 Å². The van der Waals surface area contributed by atoms with Crippen LogP contribution in [0.4, 0.5) is 14.5 Å². The number of hydrogen-bond acceptors (Lipinski definition) is 3. The van der Waals surface area contributed by atoms with E-state index in [1.54, 1.807) is 6.92 Å². The van der Waals surface area contributed by atoms with Crippen LogP contribution in [0.1, 0.15) is 19.8 Å². The maximum atomic E-state index is 13.1. The number of aliphatic hydroxyl groups is 1. The Kier molecular flexibility index (Phi) is 6.51. The van der Waals surface area contributed by atoms with Crippen molar-refractivity contribution in [3.63, 3.8) is 0 Å². The van der Waals surface area contributed by atoms with Crippen LogP contribution in [0.2, 0.25) is 5.02 Å². The summed E-state index contributed by atoms with van der Waals surface area (Å²) in [5.74, 6) is -4.31. The van der Waals surface area contributed by atoms with Gasteiger partial charge in [0.15, 0.2) is 11.6 Å². The lowest BCUT2D eigenvalue weighted by Crippen LogP contribution is -2.40. The van der Waals surface area contributed by atoms with Crippen molar-refractivity contribution >= 4 is 29.1 Å². The average molecular weight is 321 g/mol. The third-order valence-corrected chi connectivity index (χ3v) is 2.95. The second-order valence-electron chi connectivity index (χ2n) is 4.44. The van der Waals surface area contributed by atoms with Gasteiger partial charge in [-0.2, -0.15) is 0 Å². The minimum Gasteiger partial charge on any atom is -0.396 e. The Labute approximate surface area is 125 Å². The molecule has 116 valence electrons. The average Bonchev–Trinajstić information content (AvgIpc) is 2.42. The number of hydrogen-bond donors (Lipinski definition) is 3. The molecule has 1 unspecified atom stereocenters. The highest BCUT2D eigenvalue weighted by atomic mass is 35.5. The first kappa shape index (κ1) is 17.3. The highest BCUT2D eigenvalue weighted by Gasteiger charge is 2.18. The van der Waals surface area contributed by atoms with Gasteiger partial charge < -0.3 is 15.7 Å². The number of carbonyl (C=O) groups is 2. The summed E-state index contributed by atoms with van der Waals surface area (Å²) in [5, 5.41) is 12.9. The highest BCUT2D eigenvalue weighted by molar-refractivity contribution is 6.41. The van der Waals surface area contributed by atoms with Crippen LogP contribution in [-0.2, 0) is 9.59 Å². The van der Waals surface area contributed by atoms with E-state index < -0.39 is 23.4 Å². The Morgan fingerprint density at radius 1 is 1.29 bits per heavy atom. The van der Waals surface area contributed by atoms with E-state index in [0.29, 0.717) is 25.0 Å². The topological polar surface area (TPSA) is 78.4 Å². The zero-order valence-corrected chi connectivity index (χ0v) is 12.0. The molecule has 3 N–H and O–H groups in total. The molecule has 0 spiro atoms. The summed E-state index contributed by atoms with van der Waals surface area (Å²) in [4.78, 5) is 23.2. The standard InChI is InChI=1S/C13H15ClF2N2O3/c1-7(3-2-4-19)17-12(20)13(21)18-11-6-10(16)9(15)5-8(11)14/h5-7,19H,2-4H2,1H3,(H,17,20)(H,18,21). The second kappa shape index (κ2) is 7.90. The Bertz CT molecular complexity index is 540. The van der Waals surface area contributed by atoms with Gasteiger partial charge in [0.2, 0.25) is 0 Å². The SMILES string of the molecule is CC(CCCO)NC(=O)C(=O)Nc1cc(F)c(F)cc1Cl. The number of aliphatic hydroxyl groups excluding tert-OH is 1. The minimum atomic E-state index is -1.19. The molecule has 0 radical (unpaired) electrons. The van der Waals surface area contributed by atoms with E-state index in [1.165, 1.54) is 0 Å². The molecule has 1 aromatic rings. The molecule has 0 bridgehead atoms. The monoisotopic (exact) mass is 320 g/mol. The van der Waals surface area contributed by atoms with Crippen LogP contribution < -0.4 is 10.6 Å². The molecule has 5 nitrogen and oxygen atoms in total. The van der Waals surface area contributed by atoms with Crippen molar-refractivity contribution in [3.05, 3.63) is 28.8 Å². The van der Waals surface area contributed by atoms with Gasteiger partial charge in [-0.3, -0.25) is 9.59 Å². The third kappa shape index (κ3) is 5.28. The lowest BCUT2D eigenvalue weighted by molar-refractivity contribution is -0.136. The number of rotatable bonds is 5. The molecule has 1 rings (SSSR count). The van der Waals surface area contributed by atoms with E-state index in [-0.39, 0.29) is 23.4 Å². The molecular weight excluding hydrogens is 306 g/mol. The zero-order chi connectivity index (χ0) is 16.0. The molecule has 0 aliphatic heterocycles. The number of benzene rings is 1. The molecule has 1 aromatic carbocycles. The number of carbonyl (C=O) groups excluding carboxylic acids is 2. The molecule has 0 saturated heterocycles. The first-order valence-electron chi connectivity index (χ1n) is 6.22. The first-order valence-corrected chi connectivity index (χ1v) is 6.60. The van der Waals surface area contributed by atoms with Crippen LogP contribution in [0, 0.1) is 11.6 Å². The first-order chi connectivity index (χ1) is 9.85. The quantitative estimate of drug-likeness (QED) is 0.572. The Morgan fingerprint density at radius 3 is 2.52 bits per heavy atom. The number of halogens is 3. The van der Waals surface area contributed by atoms with Crippen LogP contribution >= 0.6 is 11.6 Å². The second-order valence-corrected chi connectivity index (χ2v) is 4.85. The van der Waals surface area contributed by atoms with Crippen molar-refractivity contribution in [1.82, 2.24) is 5.32 Å². The largest absolute Gasteiger partial charge is 0.396 e. The van der Waals surface area contributed by atoms with E-state index >= 15 is 0 Å². The summed E-state index contributed by atoms with van der Waals surface area (Å²) in [7, 11) is 0. The van der Waals surface area contributed by atoms with Crippen LogP contribution in [0.25, 0.3) is 0 Å². The van der Waals surface area contributed by atoms with Gasteiger partial charge in [0.05, 0.1) is 10.7 Å². The fourth-order valence-corrected chi connectivity index (χ4v) is 1.75. The van der Waals surface area contributed by atoms with Crippen LogP contribution in [0.15, 0.2) is 12.1 Å². The van der Waals surface area contributed by atoms with E-state index in [9.17, 15) is 18.4 Å². The molecule has 0 heterocycles. The van der Waals surface area contributed by atoms with Gasteiger partial charge in [0.1, 0.15) is 0 Å². The summed E-state index contributed by atoms with van der Waals surface area (Å²) in [6, 6.07) is 1.09. The lowest BCUT2D eigenvalue weighted by atomic mass is 10.2. The summed E-state index contributed by atoms with van der Waals surface area (Å²) in [5.41, 5.74) is -0.196. The van der Waals surface area contributed by atoms with E-state index in [4.69, 9.17) is 16.7 Å². The van der Waals surface area contributed by atoms with Crippen molar-refractivity contribution in [2.75, 3.05) is 11.9 Å². The smallest absolute Gasteiger partial charge is 0.313 e. The zero-order valence-electron chi connectivity index (χ0n) is 11.3. The van der Waals surface area contributed by atoms with Gasteiger partial charge in [-0.15, -0.1) is 0 Å². The van der Waals surface area contributed by atoms with E-state index in [0.717, 1.165) is 0 Å². The minimum absolute atomic E-state index is 0.0170. The van der Waals surface area contributed by atoms with Gasteiger partial charge in [0, 0.05) is 18.7 Å². The maximum Gasteiger partial charge on any atom is 0.313 e. The third-order valence-electron chi connectivity index (χ3n) is 2.64. The van der Waals surface area contributed by atoms with Gasteiger partial charge in [0.25, 0.3) is 0 Å². The molecule has 0 aliphatic rings. The summed E-state index contributed by atoms with van der Waals surface area (Å²) in [6.07, 6.45) is 0.986. The van der Waals surface area contributed by atoms with Crippen LogP contribution in [-0.4, -0.2) is 29.6 Å². The molecule has 2 amide bonds. The van der Waals surface area contributed by atoms with Gasteiger partial charge in [-0.25, -0.2) is 8.78 Å². The molecule has 8 heteroatoms. The fourth-order valence-electron chi connectivity index (χ4n) is 1.56. The molecule has 0 saturated carbocycles. The fraction of sp³-hybridized carbons (Fsp3) is 0.385. The van der Waals surface area contributed by atoms with Crippen LogP contribution in [0.5, 0.6) is 0 Å². The van der Waals surface area contributed by atoms with E-state index in [1.807, 2.05) is 0 Å². The summed E-state index contributed by atoms with van der Waals surface area (Å²) >= 11 is 5.64. The maximum absolute atomic E-state index is 13.1. The Hall–Kier alpha value is -1.73. The van der Waals surface area contributed by atoms with Gasteiger partial charge >= 0.3 is 11.8 Å². The Morgan fingerprint density at radius 2 is 1.90 bits per heavy atom. The molecule has 0 aromatic heterocycles. The molecule has 0 fully saturated rings. The Balaban J connectivity index is 2.64. The number of anilines is 1. The number of nitrogens with one attached hydrogen (secondary N) is 2. The molecule has 0 aliphatic carbocycles. The number of amides is 2. The van der Waals surface area contributed by atoms with Gasteiger partial charge in [-0.05, 0) is 25.8 Å². The van der Waals surface area contributed by atoms with Crippen molar-refractivity contribution in [2.45, 2.75) is 25.8 Å². The summed E-state index contributed by atoms with van der Waals surface area (Å²) < 4.78 is 25.9. The van der Waals surface area contributed by atoms with Crippen molar-refractivity contribution < 1.29 is 23.5 Å². The van der Waals surface area contributed by atoms with Gasteiger partial charge in [-0.1, -0.05) is 11.6 Å². The predicted octanol–water partition coefficient (Wildman–Crippen LogP) is 1.83. The van der Waals surface area contributed by atoms with Crippen molar-refractivity contribution in [3.8, 4) is 0 Å². The van der Waals surface area contributed by atoms with Crippen LogP contribution in [0.3, 0.4) is 0 Å². The van der Waals surface area contributed by atoms with Crippen molar-refractivity contribution in [1.29, 1.82) is 0 Å². The predicted molar refractivity (Wildman–Crippen MR) is 73.9 cm³/mol. The highest BCUT2D eigenvalue weighted by Crippen LogP contribution is 2.24. The normalized spacial score (nSPS) is 11.9. The molecule has 21 heavy (non-hydrogen) atoms. The lowest BCUT2D eigenvalue weighted by Gasteiger charge is -2.13. The summed E-state index contributed by atoms with van der Waals surface area (Å²) in [6.45, 7) is 1.66.